The van der Waals surface area contributed by atoms with Crippen LogP contribution < -0.4 is 0 Å². The Kier molecular flexibility index (Phi) is 6.36. The zero-order valence-electron chi connectivity index (χ0n) is 11.2. The number of esters is 2. The summed E-state index contributed by atoms with van der Waals surface area (Å²) in [4.78, 5) is 22.9. The van der Waals surface area contributed by atoms with Crippen molar-refractivity contribution in [1.82, 2.24) is 0 Å². The molecule has 0 atom stereocenters. The smallest absolute Gasteiger partial charge is 0.320 e. The van der Waals surface area contributed by atoms with Crippen molar-refractivity contribution < 1.29 is 19.1 Å². The van der Waals surface area contributed by atoms with Crippen LogP contribution in [0.5, 0.6) is 0 Å². The number of carbonyl (C=O) groups excluding carboxylic acids is 2. The van der Waals surface area contributed by atoms with Gasteiger partial charge in [-0.1, -0.05) is 42.5 Å². The summed E-state index contributed by atoms with van der Waals surface area (Å²) in [6.07, 6.45) is 4.85. The van der Waals surface area contributed by atoms with Crippen molar-refractivity contribution in [2.45, 2.75) is 12.8 Å². The Morgan fingerprint density at radius 2 is 1.68 bits per heavy atom. The molecule has 0 fully saturated rings. The Bertz CT molecular complexity index is 421. The van der Waals surface area contributed by atoms with Gasteiger partial charge in [-0.15, -0.1) is 0 Å². The third kappa shape index (κ3) is 4.95. The van der Waals surface area contributed by atoms with Gasteiger partial charge in [0.05, 0.1) is 14.2 Å². The number of benzene rings is 1. The van der Waals surface area contributed by atoms with Crippen LogP contribution in [0.3, 0.4) is 0 Å². The van der Waals surface area contributed by atoms with Gasteiger partial charge in [0.15, 0.2) is 5.92 Å². The number of allylic oxidation sites excluding steroid dienone is 1. The summed E-state index contributed by atoms with van der Waals surface area (Å²) in [5, 5.41) is 0. The van der Waals surface area contributed by atoms with Crippen molar-refractivity contribution in [3.63, 3.8) is 0 Å². The molecule has 0 aliphatic heterocycles. The zero-order chi connectivity index (χ0) is 14.1. The average molecular weight is 262 g/mol. The van der Waals surface area contributed by atoms with Crippen LogP contribution in [0.1, 0.15) is 18.4 Å². The summed E-state index contributed by atoms with van der Waals surface area (Å²) in [5.74, 6) is -1.96. The molecule has 4 nitrogen and oxygen atoms in total. The van der Waals surface area contributed by atoms with E-state index < -0.39 is 17.9 Å². The molecule has 0 aliphatic rings. The van der Waals surface area contributed by atoms with Gasteiger partial charge >= 0.3 is 11.9 Å². The molecule has 0 spiro atoms. The number of hydrogen-bond donors (Lipinski definition) is 0. The topological polar surface area (TPSA) is 52.6 Å². The second kappa shape index (κ2) is 8.08. The summed E-state index contributed by atoms with van der Waals surface area (Å²) in [7, 11) is 2.52. The van der Waals surface area contributed by atoms with E-state index in [0.29, 0.717) is 12.8 Å². The molecule has 0 aliphatic carbocycles. The van der Waals surface area contributed by atoms with E-state index in [4.69, 9.17) is 0 Å². The summed E-state index contributed by atoms with van der Waals surface area (Å²) < 4.78 is 9.17. The molecule has 0 saturated heterocycles. The largest absolute Gasteiger partial charge is 0.468 e. The maximum absolute atomic E-state index is 11.4. The highest BCUT2D eigenvalue weighted by molar-refractivity contribution is 5.94. The minimum Gasteiger partial charge on any atom is -0.468 e. The molecule has 0 saturated carbocycles. The first-order valence-corrected chi connectivity index (χ1v) is 6.06. The molecule has 0 heterocycles. The first-order chi connectivity index (χ1) is 9.19. The average Bonchev–Trinajstić information content (AvgIpc) is 2.47. The van der Waals surface area contributed by atoms with Crippen molar-refractivity contribution >= 4 is 18.0 Å². The maximum atomic E-state index is 11.4. The fourth-order valence-electron chi connectivity index (χ4n) is 1.66. The van der Waals surface area contributed by atoms with Crippen molar-refractivity contribution in [3.8, 4) is 0 Å². The number of carbonyl (C=O) groups is 2. The van der Waals surface area contributed by atoms with Crippen LogP contribution >= 0.6 is 0 Å². The van der Waals surface area contributed by atoms with Crippen LogP contribution in [-0.4, -0.2) is 26.2 Å². The molecule has 0 unspecified atom stereocenters. The molecule has 0 radical (unpaired) electrons. The van der Waals surface area contributed by atoms with Crippen molar-refractivity contribution in [1.29, 1.82) is 0 Å². The van der Waals surface area contributed by atoms with E-state index in [1.54, 1.807) is 0 Å². The van der Waals surface area contributed by atoms with Crippen LogP contribution in [0, 0.1) is 5.92 Å². The molecule has 102 valence electrons. The molecular weight excluding hydrogens is 244 g/mol. The quantitative estimate of drug-likeness (QED) is 0.583. The van der Waals surface area contributed by atoms with Gasteiger partial charge in [0.1, 0.15) is 0 Å². The lowest BCUT2D eigenvalue weighted by Crippen LogP contribution is -2.26. The number of methoxy groups -OCH3 is 2. The van der Waals surface area contributed by atoms with Crippen molar-refractivity contribution in [2.24, 2.45) is 5.92 Å². The summed E-state index contributed by atoms with van der Waals surface area (Å²) in [5.41, 5.74) is 1.08. The first-order valence-electron chi connectivity index (χ1n) is 6.06. The van der Waals surface area contributed by atoms with Crippen LogP contribution in [0.4, 0.5) is 0 Å². The summed E-state index contributed by atoms with van der Waals surface area (Å²) >= 11 is 0. The van der Waals surface area contributed by atoms with Crippen LogP contribution in [0.2, 0.25) is 0 Å². The van der Waals surface area contributed by atoms with Gasteiger partial charge in [-0.2, -0.15) is 0 Å². The molecule has 19 heavy (non-hydrogen) atoms. The molecular formula is C15H18O4. The fourth-order valence-corrected chi connectivity index (χ4v) is 1.66. The third-order valence-electron chi connectivity index (χ3n) is 2.70. The number of hydrogen-bond acceptors (Lipinski definition) is 4. The molecule has 0 N–H and O–H groups in total. The van der Waals surface area contributed by atoms with Crippen molar-refractivity contribution in [3.05, 3.63) is 42.0 Å². The van der Waals surface area contributed by atoms with Gasteiger partial charge in [0, 0.05) is 0 Å². The van der Waals surface area contributed by atoms with Crippen molar-refractivity contribution in [2.75, 3.05) is 14.2 Å². The van der Waals surface area contributed by atoms with E-state index in [9.17, 15) is 9.59 Å². The maximum Gasteiger partial charge on any atom is 0.320 e. The van der Waals surface area contributed by atoms with Crippen LogP contribution in [-0.2, 0) is 19.1 Å². The first kappa shape index (κ1) is 15.0. The Morgan fingerprint density at radius 1 is 1.11 bits per heavy atom. The van der Waals surface area contributed by atoms with E-state index in [1.807, 2.05) is 42.5 Å². The lowest BCUT2D eigenvalue weighted by atomic mass is 10.0. The molecule has 1 aromatic carbocycles. The molecule has 4 heteroatoms. The fraction of sp³-hybridized carbons (Fsp3) is 0.333. The summed E-state index contributed by atoms with van der Waals surface area (Å²) in [6.45, 7) is 0. The van der Waals surface area contributed by atoms with Gasteiger partial charge in [-0.05, 0) is 18.4 Å². The van der Waals surface area contributed by atoms with E-state index in [0.717, 1.165) is 5.56 Å². The zero-order valence-corrected chi connectivity index (χ0v) is 11.2. The predicted molar refractivity (Wildman–Crippen MR) is 72.2 cm³/mol. The van der Waals surface area contributed by atoms with Gasteiger partial charge in [0.2, 0.25) is 0 Å². The number of ether oxygens (including phenoxy) is 2. The Labute approximate surface area is 113 Å². The molecule has 0 amide bonds. The normalized spacial score (nSPS) is 10.7. The molecule has 1 aromatic rings. The Balaban J connectivity index is 2.51. The third-order valence-corrected chi connectivity index (χ3v) is 2.70. The van der Waals surface area contributed by atoms with E-state index in [-0.39, 0.29) is 0 Å². The minimum atomic E-state index is -0.851. The lowest BCUT2D eigenvalue weighted by Gasteiger charge is -2.10. The van der Waals surface area contributed by atoms with Crippen LogP contribution in [0.25, 0.3) is 6.08 Å². The van der Waals surface area contributed by atoms with Gasteiger partial charge in [-0.3, -0.25) is 9.59 Å². The standard InChI is InChI=1S/C15H18O4/c1-18-14(16)13(15(17)19-2)11-7-6-10-12-8-4-3-5-9-12/h3-6,8-10,13H,7,11H2,1-2H3. The highest BCUT2D eigenvalue weighted by Gasteiger charge is 2.27. The van der Waals surface area contributed by atoms with Gasteiger partial charge < -0.3 is 9.47 Å². The van der Waals surface area contributed by atoms with E-state index >= 15 is 0 Å². The highest BCUT2D eigenvalue weighted by atomic mass is 16.5. The molecule has 0 bridgehead atoms. The Hall–Kier alpha value is -2.10. The van der Waals surface area contributed by atoms with E-state index in [1.165, 1.54) is 14.2 Å². The Morgan fingerprint density at radius 3 is 2.21 bits per heavy atom. The summed E-state index contributed by atoms with van der Waals surface area (Å²) in [6, 6.07) is 9.81. The monoisotopic (exact) mass is 262 g/mol. The number of rotatable bonds is 6. The second-order valence-corrected chi connectivity index (χ2v) is 3.99. The molecule has 0 aromatic heterocycles. The lowest BCUT2D eigenvalue weighted by molar-refractivity contribution is -0.159. The highest BCUT2D eigenvalue weighted by Crippen LogP contribution is 2.12. The SMILES string of the molecule is COC(=O)C(CCC=Cc1ccccc1)C(=O)OC. The van der Waals surface area contributed by atoms with Crippen LogP contribution in [0.15, 0.2) is 36.4 Å². The van der Waals surface area contributed by atoms with Gasteiger partial charge in [-0.25, -0.2) is 0 Å². The molecule has 1 rings (SSSR count). The second-order valence-electron chi connectivity index (χ2n) is 3.99. The van der Waals surface area contributed by atoms with E-state index in [2.05, 4.69) is 9.47 Å². The predicted octanol–water partition coefficient (Wildman–Crippen LogP) is 2.44. The van der Waals surface area contributed by atoms with Gasteiger partial charge in [0.25, 0.3) is 0 Å². The minimum absolute atomic E-state index is 0.378.